The van der Waals surface area contributed by atoms with Crippen LogP contribution in [0.4, 0.5) is 8.78 Å². The zero-order valence-corrected chi connectivity index (χ0v) is 12.1. The Labute approximate surface area is 121 Å². The molecular formula is C16H14F2OS. The van der Waals surface area contributed by atoms with Crippen molar-refractivity contribution in [2.75, 3.05) is 5.75 Å². The first-order valence-electron chi connectivity index (χ1n) is 6.15. The third kappa shape index (κ3) is 3.45. The number of halogens is 2. The number of thioether (sulfide) groups is 1. The van der Waals surface area contributed by atoms with Gasteiger partial charge in [-0.2, -0.15) is 0 Å². The summed E-state index contributed by atoms with van der Waals surface area (Å²) in [5, 5.41) is 0. The minimum Gasteiger partial charge on any atom is -0.293 e. The lowest BCUT2D eigenvalue weighted by Gasteiger charge is -2.06. The van der Waals surface area contributed by atoms with Gasteiger partial charge in [-0.15, -0.1) is 11.8 Å². The second-order valence-electron chi connectivity index (χ2n) is 4.60. The first-order chi connectivity index (χ1) is 9.47. The molecular weight excluding hydrogens is 278 g/mol. The van der Waals surface area contributed by atoms with Gasteiger partial charge in [0, 0.05) is 16.5 Å². The van der Waals surface area contributed by atoms with Gasteiger partial charge in [0.05, 0.1) is 5.75 Å². The van der Waals surface area contributed by atoms with E-state index in [1.165, 1.54) is 12.1 Å². The van der Waals surface area contributed by atoms with Gasteiger partial charge in [0.2, 0.25) is 0 Å². The van der Waals surface area contributed by atoms with Crippen LogP contribution in [0.3, 0.4) is 0 Å². The Morgan fingerprint density at radius 2 is 1.85 bits per heavy atom. The average molecular weight is 292 g/mol. The first kappa shape index (κ1) is 14.7. The van der Waals surface area contributed by atoms with Crippen LogP contribution in [0.2, 0.25) is 0 Å². The quantitative estimate of drug-likeness (QED) is 0.607. The summed E-state index contributed by atoms with van der Waals surface area (Å²) in [5.41, 5.74) is 2.65. The van der Waals surface area contributed by atoms with Gasteiger partial charge in [0.1, 0.15) is 11.6 Å². The molecule has 1 nitrogen and oxygen atoms in total. The molecule has 2 aromatic carbocycles. The number of rotatable bonds is 4. The van der Waals surface area contributed by atoms with Crippen LogP contribution in [0, 0.1) is 25.5 Å². The van der Waals surface area contributed by atoms with Gasteiger partial charge < -0.3 is 0 Å². The highest BCUT2D eigenvalue weighted by atomic mass is 32.2. The van der Waals surface area contributed by atoms with Crippen molar-refractivity contribution >= 4 is 17.5 Å². The molecule has 0 saturated carbocycles. The van der Waals surface area contributed by atoms with Gasteiger partial charge in [-0.25, -0.2) is 8.78 Å². The van der Waals surface area contributed by atoms with Crippen molar-refractivity contribution in [2.45, 2.75) is 18.7 Å². The SMILES string of the molecule is Cc1ccc(C(=O)CSc2ccc(F)cc2F)c(C)c1. The van der Waals surface area contributed by atoms with Crippen molar-refractivity contribution in [3.05, 3.63) is 64.7 Å². The molecule has 0 spiro atoms. The van der Waals surface area contributed by atoms with Gasteiger partial charge in [-0.1, -0.05) is 23.8 Å². The largest absolute Gasteiger partial charge is 0.293 e. The molecule has 0 heterocycles. The maximum Gasteiger partial charge on any atom is 0.173 e. The van der Waals surface area contributed by atoms with E-state index in [9.17, 15) is 13.6 Å². The zero-order valence-electron chi connectivity index (χ0n) is 11.2. The predicted molar refractivity (Wildman–Crippen MR) is 77.3 cm³/mol. The van der Waals surface area contributed by atoms with Crippen molar-refractivity contribution in [2.24, 2.45) is 0 Å². The molecule has 2 rings (SSSR count). The van der Waals surface area contributed by atoms with Crippen LogP contribution in [0.15, 0.2) is 41.3 Å². The molecule has 0 bridgehead atoms. The Kier molecular flexibility index (Phi) is 4.55. The standard InChI is InChI=1S/C16H14F2OS/c1-10-3-5-13(11(2)7-10)15(19)9-20-16-6-4-12(17)8-14(16)18/h3-8H,9H2,1-2H3. The molecule has 0 amide bonds. The summed E-state index contributed by atoms with van der Waals surface area (Å²) in [4.78, 5) is 12.4. The van der Waals surface area contributed by atoms with Crippen LogP contribution in [0.1, 0.15) is 21.5 Å². The lowest BCUT2D eigenvalue weighted by molar-refractivity contribution is 0.102. The van der Waals surface area contributed by atoms with Gasteiger partial charge in [0.25, 0.3) is 0 Å². The highest BCUT2D eigenvalue weighted by molar-refractivity contribution is 8.00. The Hall–Kier alpha value is -1.68. The monoisotopic (exact) mass is 292 g/mol. The molecule has 0 aromatic heterocycles. The molecule has 0 radical (unpaired) electrons. The third-order valence-electron chi connectivity index (χ3n) is 2.94. The van der Waals surface area contributed by atoms with Gasteiger partial charge >= 0.3 is 0 Å². The normalized spacial score (nSPS) is 10.6. The highest BCUT2D eigenvalue weighted by Gasteiger charge is 2.11. The van der Waals surface area contributed by atoms with Crippen molar-refractivity contribution < 1.29 is 13.6 Å². The third-order valence-corrected chi connectivity index (χ3v) is 3.98. The summed E-state index contributed by atoms with van der Waals surface area (Å²) in [6, 6.07) is 8.97. The van der Waals surface area contributed by atoms with Crippen LogP contribution in [-0.2, 0) is 0 Å². The van der Waals surface area contributed by atoms with Crippen LogP contribution in [0.5, 0.6) is 0 Å². The van der Waals surface area contributed by atoms with E-state index in [1.54, 1.807) is 6.07 Å². The fourth-order valence-electron chi connectivity index (χ4n) is 1.94. The van der Waals surface area contributed by atoms with E-state index in [4.69, 9.17) is 0 Å². The maximum absolute atomic E-state index is 13.5. The molecule has 0 aliphatic rings. The summed E-state index contributed by atoms with van der Waals surface area (Å²) in [6.45, 7) is 3.84. The summed E-state index contributed by atoms with van der Waals surface area (Å²) < 4.78 is 26.2. The van der Waals surface area contributed by atoms with Crippen molar-refractivity contribution in [1.82, 2.24) is 0 Å². The summed E-state index contributed by atoms with van der Waals surface area (Å²) in [5.74, 6) is -1.18. The fraction of sp³-hybridized carbons (Fsp3) is 0.188. The predicted octanol–water partition coefficient (Wildman–Crippen LogP) is 4.56. The van der Waals surface area contributed by atoms with Gasteiger partial charge in [0.15, 0.2) is 5.78 Å². The van der Waals surface area contributed by atoms with Crippen molar-refractivity contribution in [3.63, 3.8) is 0 Å². The average Bonchev–Trinajstić information content (AvgIpc) is 2.37. The second-order valence-corrected chi connectivity index (χ2v) is 5.62. The van der Waals surface area contributed by atoms with Gasteiger partial charge in [-0.3, -0.25) is 4.79 Å². The minimum absolute atomic E-state index is 0.0591. The van der Waals surface area contributed by atoms with E-state index in [-0.39, 0.29) is 16.4 Å². The molecule has 0 fully saturated rings. The van der Waals surface area contributed by atoms with E-state index in [0.717, 1.165) is 29.0 Å². The molecule has 0 aliphatic heterocycles. The number of carbonyl (C=O) groups is 1. The number of hydrogen-bond acceptors (Lipinski definition) is 2. The molecule has 0 N–H and O–H groups in total. The highest BCUT2D eigenvalue weighted by Crippen LogP contribution is 2.24. The zero-order chi connectivity index (χ0) is 14.7. The number of ketones is 1. The van der Waals surface area contributed by atoms with Crippen LogP contribution >= 0.6 is 11.8 Å². The van der Waals surface area contributed by atoms with E-state index in [0.29, 0.717) is 5.56 Å². The summed E-state index contributed by atoms with van der Waals surface area (Å²) >= 11 is 1.08. The number of aryl methyl sites for hydroxylation is 2. The lowest BCUT2D eigenvalue weighted by Crippen LogP contribution is -2.05. The lowest BCUT2D eigenvalue weighted by atomic mass is 10.0. The first-order valence-corrected chi connectivity index (χ1v) is 7.14. The van der Waals surface area contributed by atoms with Crippen LogP contribution < -0.4 is 0 Å². The summed E-state index contributed by atoms with van der Waals surface area (Å²) in [6.07, 6.45) is 0. The topological polar surface area (TPSA) is 17.1 Å². The fourth-order valence-corrected chi connectivity index (χ4v) is 2.74. The molecule has 0 unspecified atom stereocenters. The Morgan fingerprint density at radius 1 is 1.10 bits per heavy atom. The number of hydrogen-bond donors (Lipinski definition) is 0. The van der Waals surface area contributed by atoms with Crippen LogP contribution in [-0.4, -0.2) is 11.5 Å². The number of carbonyl (C=O) groups excluding carboxylic acids is 1. The number of Topliss-reactive ketones (excluding diaryl/α,β-unsaturated/α-hetero) is 1. The van der Waals surface area contributed by atoms with E-state index in [1.807, 2.05) is 26.0 Å². The second kappa shape index (κ2) is 6.18. The Morgan fingerprint density at radius 3 is 2.50 bits per heavy atom. The molecule has 104 valence electrons. The molecule has 0 atom stereocenters. The number of benzene rings is 2. The minimum atomic E-state index is -0.636. The van der Waals surface area contributed by atoms with E-state index in [2.05, 4.69) is 0 Å². The van der Waals surface area contributed by atoms with Crippen molar-refractivity contribution in [3.8, 4) is 0 Å². The Balaban J connectivity index is 2.08. The van der Waals surface area contributed by atoms with Gasteiger partial charge in [-0.05, 0) is 31.5 Å². The summed E-state index contributed by atoms with van der Waals surface area (Å²) in [7, 11) is 0. The molecule has 20 heavy (non-hydrogen) atoms. The maximum atomic E-state index is 13.5. The van der Waals surface area contributed by atoms with E-state index < -0.39 is 11.6 Å². The smallest absolute Gasteiger partial charge is 0.173 e. The molecule has 0 saturated heterocycles. The molecule has 0 aliphatic carbocycles. The molecule has 2 aromatic rings. The van der Waals surface area contributed by atoms with Crippen LogP contribution in [0.25, 0.3) is 0 Å². The Bertz CT molecular complexity index is 653. The van der Waals surface area contributed by atoms with E-state index >= 15 is 0 Å². The molecule has 4 heteroatoms. The van der Waals surface area contributed by atoms with Crippen molar-refractivity contribution in [1.29, 1.82) is 0 Å².